The summed E-state index contributed by atoms with van der Waals surface area (Å²) in [5, 5.41) is 7.28. The first-order valence-electron chi connectivity index (χ1n) is 7.70. The Hall–Kier alpha value is -2.30. The molecule has 116 valence electrons. The first kappa shape index (κ1) is 14.6. The van der Waals surface area contributed by atoms with Gasteiger partial charge in [0, 0.05) is 36.4 Å². The molecule has 0 radical (unpaired) electrons. The average Bonchev–Trinajstić information content (AvgIpc) is 3.17. The van der Waals surface area contributed by atoms with Crippen molar-refractivity contribution in [2.45, 2.75) is 33.2 Å². The highest BCUT2D eigenvalue weighted by atomic mass is 16.5. The molecule has 0 spiro atoms. The quantitative estimate of drug-likeness (QED) is 0.942. The zero-order valence-corrected chi connectivity index (χ0v) is 13.1. The SMILES string of the molecule is Cc1noc(C)c1CNc1ccc(C(=O)N2CCCC2)cc1. The molecule has 1 fully saturated rings. The lowest BCUT2D eigenvalue weighted by molar-refractivity contribution is 0.0793. The van der Waals surface area contributed by atoms with Crippen molar-refractivity contribution in [2.24, 2.45) is 0 Å². The maximum Gasteiger partial charge on any atom is 0.253 e. The van der Waals surface area contributed by atoms with Crippen molar-refractivity contribution >= 4 is 11.6 Å². The smallest absolute Gasteiger partial charge is 0.253 e. The van der Waals surface area contributed by atoms with Gasteiger partial charge in [-0.1, -0.05) is 5.16 Å². The zero-order valence-electron chi connectivity index (χ0n) is 13.1. The molecule has 0 unspecified atom stereocenters. The molecule has 1 aromatic carbocycles. The van der Waals surface area contributed by atoms with Gasteiger partial charge in [-0.05, 0) is 51.0 Å². The van der Waals surface area contributed by atoms with Crippen LogP contribution in [0.4, 0.5) is 5.69 Å². The Morgan fingerprint density at radius 1 is 1.23 bits per heavy atom. The van der Waals surface area contributed by atoms with Crippen molar-refractivity contribution in [3.8, 4) is 0 Å². The predicted octanol–water partition coefficient (Wildman–Crippen LogP) is 3.14. The molecule has 5 heteroatoms. The summed E-state index contributed by atoms with van der Waals surface area (Å²) < 4.78 is 5.15. The number of amides is 1. The number of nitrogens with zero attached hydrogens (tertiary/aromatic N) is 2. The van der Waals surface area contributed by atoms with Crippen molar-refractivity contribution < 1.29 is 9.32 Å². The van der Waals surface area contributed by atoms with E-state index in [0.717, 1.165) is 54.2 Å². The second kappa shape index (κ2) is 6.22. The largest absolute Gasteiger partial charge is 0.381 e. The standard InChI is InChI=1S/C17H21N3O2/c1-12-16(13(2)22-19-12)11-18-15-7-5-14(6-8-15)17(21)20-9-3-4-10-20/h5-8,18H,3-4,9-11H2,1-2H3. The Balaban J connectivity index is 1.63. The van der Waals surface area contributed by atoms with Crippen LogP contribution in [0.3, 0.4) is 0 Å². The summed E-state index contributed by atoms with van der Waals surface area (Å²) in [6.45, 7) is 6.27. The number of hydrogen-bond acceptors (Lipinski definition) is 4. The molecule has 22 heavy (non-hydrogen) atoms. The molecule has 0 saturated carbocycles. The van der Waals surface area contributed by atoms with Crippen LogP contribution in [0.2, 0.25) is 0 Å². The molecule has 5 nitrogen and oxygen atoms in total. The topological polar surface area (TPSA) is 58.4 Å². The molecule has 1 N–H and O–H groups in total. The fourth-order valence-electron chi connectivity index (χ4n) is 2.78. The van der Waals surface area contributed by atoms with Crippen LogP contribution >= 0.6 is 0 Å². The predicted molar refractivity (Wildman–Crippen MR) is 84.9 cm³/mol. The van der Waals surface area contributed by atoms with Gasteiger partial charge < -0.3 is 14.7 Å². The molecule has 2 aromatic rings. The van der Waals surface area contributed by atoms with Crippen LogP contribution in [0.5, 0.6) is 0 Å². The number of likely N-dealkylation sites (tertiary alicyclic amines) is 1. The van der Waals surface area contributed by atoms with E-state index in [9.17, 15) is 4.79 Å². The molecule has 0 aliphatic carbocycles. The minimum absolute atomic E-state index is 0.134. The highest BCUT2D eigenvalue weighted by molar-refractivity contribution is 5.94. The third-order valence-electron chi connectivity index (χ3n) is 4.18. The van der Waals surface area contributed by atoms with Gasteiger partial charge in [-0.25, -0.2) is 0 Å². The van der Waals surface area contributed by atoms with Gasteiger partial charge in [-0.15, -0.1) is 0 Å². The lowest BCUT2D eigenvalue weighted by Gasteiger charge is -2.15. The number of aryl methyl sites for hydroxylation is 2. The molecular formula is C17H21N3O2. The summed E-state index contributed by atoms with van der Waals surface area (Å²) in [5.41, 5.74) is 3.73. The molecule has 1 amide bonds. The molecule has 3 rings (SSSR count). The number of carbonyl (C=O) groups excluding carboxylic acids is 1. The summed E-state index contributed by atoms with van der Waals surface area (Å²) in [6, 6.07) is 7.66. The highest BCUT2D eigenvalue weighted by Gasteiger charge is 2.19. The van der Waals surface area contributed by atoms with Crippen LogP contribution in [0, 0.1) is 13.8 Å². The van der Waals surface area contributed by atoms with E-state index in [0.29, 0.717) is 6.54 Å². The maximum absolute atomic E-state index is 12.3. The van der Waals surface area contributed by atoms with Crippen LogP contribution in [-0.2, 0) is 6.54 Å². The van der Waals surface area contributed by atoms with E-state index < -0.39 is 0 Å². The summed E-state index contributed by atoms with van der Waals surface area (Å²) in [6.07, 6.45) is 2.23. The van der Waals surface area contributed by atoms with Crippen molar-refractivity contribution in [3.63, 3.8) is 0 Å². The zero-order chi connectivity index (χ0) is 15.5. The van der Waals surface area contributed by atoms with Gasteiger partial charge in [0.2, 0.25) is 0 Å². The van der Waals surface area contributed by atoms with Gasteiger partial charge in [0.1, 0.15) is 5.76 Å². The number of hydrogen-bond donors (Lipinski definition) is 1. The van der Waals surface area contributed by atoms with Crippen LogP contribution in [-0.4, -0.2) is 29.1 Å². The second-order valence-electron chi connectivity index (χ2n) is 5.73. The Bertz CT molecular complexity index is 636. The third kappa shape index (κ3) is 2.98. The summed E-state index contributed by atoms with van der Waals surface area (Å²) in [5.74, 6) is 0.973. The molecule has 1 aromatic heterocycles. The van der Waals surface area contributed by atoms with E-state index in [2.05, 4.69) is 10.5 Å². The highest BCUT2D eigenvalue weighted by Crippen LogP contribution is 2.18. The lowest BCUT2D eigenvalue weighted by Crippen LogP contribution is -2.27. The second-order valence-corrected chi connectivity index (χ2v) is 5.73. The van der Waals surface area contributed by atoms with Crippen molar-refractivity contribution in [1.82, 2.24) is 10.1 Å². The average molecular weight is 299 g/mol. The van der Waals surface area contributed by atoms with Crippen molar-refractivity contribution in [2.75, 3.05) is 18.4 Å². The molecule has 2 heterocycles. The Kier molecular flexibility index (Phi) is 4.13. The third-order valence-corrected chi connectivity index (χ3v) is 4.18. The first-order chi connectivity index (χ1) is 10.6. The van der Waals surface area contributed by atoms with Crippen LogP contribution in [0.15, 0.2) is 28.8 Å². The summed E-state index contributed by atoms with van der Waals surface area (Å²) in [7, 11) is 0. The number of carbonyl (C=O) groups is 1. The van der Waals surface area contributed by atoms with Gasteiger partial charge in [-0.2, -0.15) is 0 Å². The monoisotopic (exact) mass is 299 g/mol. The number of rotatable bonds is 4. The number of benzene rings is 1. The normalized spacial score (nSPS) is 14.4. The molecular weight excluding hydrogens is 278 g/mol. The van der Waals surface area contributed by atoms with Gasteiger partial charge in [0.15, 0.2) is 0 Å². The minimum atomic E-state index is 0.134. The van der Waals surface area contributed by atoms with Gasteiger partial charge in [-0.3, -0.25) is 4.79 Å². The van der Waals surface area contributed by atoms with Crippen molar-refractivity contribution in [1.29, 1.82) is 0 Å². The maximum atomic E-state index is 12.3. The Morgan fingerprint density at radius 3 is 2.50 bits per heavy atom. The molecule has 1 aliphatic rings. The van der Waals surface area contributed by atoms with E-state index >= 15 is 0 Å². The molecule has 0 bridgehead atoms. The minimum Gasteiger partial charge on any atom is -0.381 e. The number of nitrogens with one attached hydrogen (secondary N) is 1. The van der Waals surface area contributed by atoms with Gasteiger partial charge in [0.25, 0.3) is 5.91 Å². The number of anilines is 1. The number of aromatic nitrogens is 1. The fraction of sp³-hybridized carbons (Fsp3) is 0.412. The summed E-state index contributed by atoms with van der Waals surface area (Å²) in [4.78, 5) is 14.2. The van der Waals surface area contributed by atoms with E-state index in [4.69, 9.17) is 4.52 Å². The molecule has 0 atom stereocenters. The van der Waals surface area contributed by atoms with Crippen LogP contribution in [0.25, 0.3) is 0 Å². The van der Waals surface area contributed by atoms with E-state index in [1.807, 2.05) is 43.0 Å². The first-order valence-corrected chi connectivity index (χ1v) is 7.70. The fourth-order valence-corrected chi connectivity index (χ4v) is 2.78. The van der Waals surface area contributed by atoms with Gasteiger partial charge in [0.05, 0.1) is 5.69 Å². The van der Waals surface area contributed by atoms with Crippen molar-refractivity contribution in [3.05, 3.63) is 46.8 Å². The summed E-state index contributed by atoms with van der Waals surface area (Å²) >= 11 is 0. The van der Waals surface area contributed by atoms with E-state index in [1.54, 1.807) is 0 Å². The van der Waals surface area contributed by atoms with Gasteiger partial charge >= 0.3 is 0 Å². The lowest BCUT2D eigenvalue weighted by atomic mass is 10.1. The Labute approximate surface area is 130 Å². The molecule has 1 saturated heterocycles. The van der Waals surface area contributed by atoms with E-state index in [1.165, 1.54) is 0 Å². The molecule has 1 aliphatic heterocycles. The van der Waals surface area contributed by atoms with Crippen LogP contribution in [0.1, 0.15) is 40.2 Å². The Morgan fingerprint density at radius 2 is 1.91 bits per heavy atom. The van der Waals surface area contributed by atoms with E-state index in [-0.39, 0.29) is 5.91 Å². The van der Waals surface area contributed by atoms with Crippen LogP contribution < -0.4 is 5.32 Å².